The van der Waals surface area contributed by atoms with Crippen LogP contribution in [0.2, 0.25) is 0 Å². The zero-order valence-electron chi connectivity index (χ0n) is 14.8. The fraction of sp³-hybridized carbons (Fsp3) is 0.467. The van der Waals surface area contributed by atoms with Gasteiger partial charge in [0.15, 0.2) is 0 Å². The molecule has 144 valence electrons. The van der Waals surface area contributed by atoms with Crippen LogP contribution in [0.1, 0.15) is 36.7 Å². The van der Waals surface area contributed by atoms with Gasteiger partial charge in [0.05, 0.1) is 5.69 Å². The molecule has 2 aromatic rings. The molecule has 0 saturated heterocycles. The lowest BCUT2D eigenvalue weighted by atomic mass is 9.99. The molecular formula is C15H18F4N4O2S. The first kappa shape index (κ1) is 20.1. The van der Waals surface area contributed by atoms with E-state index in [1.54, 1.807) is 13.8 Å². The number of aromatic nitrogens is 3. The highest BCUT2D eigenvalue weighted by molar-refractivity contribution is 7.86. The molecule has 1 aromatic heterocycles. The molecule has 2 rings (SSSR count). The van der Waals surface area contributed by atoms with Crippen LogP contribution in [-0.2, 0) is 16.4 Å². The third-order valence-corrected chi connectivity index (χ3v) is 4.65. The standard InChI is InChI=1S/C15H18F4N4O2S/c1-8(2)10-6-9(3)12(26(19,24)25)7-11(10)23-14(22(4)5)20-13(21-23)15(16,17)18/h6-8H,1-5H3. The summed E-state index contributed by atoms with van der Waals surface area (Å²) in [5.41, 5.74) is 0.688. The molecule has 1 heterocycles. The van der Waals surface area contributed by atoms with Crippen molar-refractivity contribution in [3.05, 3.63) is 29.1 Å². The van der Waals surface area contributed by atoms with Crippen LogP contribution in [0.25, 0.3) is 5.69 Å². The van der Waals surface area contributed by atoms with Crippen molar-refractivity contribution in [2.24, 2.45) is 0 Å². The van der Waals surface area contributed by atoms with Gasteiger partial charge < -0.3 is 4.90 Å². The van der Waals surface area contributed by atoms with Crippen LogP contribution >= 0.6 is 0 Å². The SMILES string of the molecule is Cc1cc(C(C)C)c(-n2nc(C(F)(F)F)nc2N(C)C)cc1S(=O)(=O)F. The molecular weight excluding hydrogens is 376 g/mol. The molecule has 0 atom stereocenters. The van der Waals surface area contributed by atoms with E-state index in [0.29, 0.717) is 5.56 Å². The highest BCUT2D eigenvalue weighted by Gasteiger charge is 2.38. The Bertz CT molecular complexity index is 934. The molecule has 0 bridgehead atoms. The maximum absolute atomic E-state index is 13.6. The number of hydrogen-bond acceptors (Lipinski definition) is 5. The van der Waals surface area contributed by atoms with Crippen molar-refractivity contribution >= 4 is 16.2 Å². The normalized spacial score (nSPS) is 12.7. The lowest BCUT2D eigenvalue weighted by Gasteiger charge is -2.19. The Morgan fingerprint density at radius 1 is 1.19 bits per heavy atom. The minimum Gasteiger partial charge on any atom is -0.347 e. The molecule has 0 N–H and O–H groups in total. The lowest BCUT2D eigenvalue weighted by Crippen LogP contribution is -2.17. The van der Waals surface area contributed by atoms with E-state index in [0.717, 1.165) is 10.7 Å². The first-order valence-electron chi connectivity index (χ1n) is 7.54. The second-order valence-corrected chi connectivity index (χ2v) is 7.62. The van der Waals surface area contributed by atoms with Crippen molar-refractivity contribution in [2.45, 2.75) is 37.8 Å². The Morgan fingerprint density at radius 3 is 2.19 bits per heavy atom. The number of hydrogen-bond donors (Lipinski definition) is 0. The summed E-state index contributed by atoms with van der Waals surface area (Å²) < 4.78 is 76.4. The fourth-order valence-corrected chi connectivity index (χ4v) is 3.18. The molecule has 1 aromatic carbocycles. The minimum absolute atomic E-state index is 0.0218. The van der Waals surface area contributed by atoms with Gasteiger partial charge in [-0.25, -0.2) is 0 Å². The number of aryl methyl sites for hydroxylation is 1. The zero-order chi connectivity index (χ0) is 20.0. The molecule has 0 saturated carbocycles. The monoisotopic (exact) mass is 394 g/mol. The Balaban J connectivity index is 2.88. The summed E-state index contributed by atoms with van der Waals surface area (Å²) in [6.45, 7) is 4.97. The molecule has 0 aliphatic heterocycles. The van der Waals surface area contributed by atoms with Crippen LogP contribution in [0.5, 0.6) is 0 Å². The second kappa shape index (κ2) is 6.53. The third-order valence-electron chi connectivity index (χ3n) is 3.68. The molecule has 0 amide bonds. The van der Waals surface area contributed by atoms with E-state index in [9.17, 15) is 25.5 Å². The van der Waals surface area contributed by atoms with Gasteiger partial charge in [-0.3, -0.25) is 0 Å². The Morgan fingerprint density at radius 2 is 1.77 bits per heavy atom. The summed E-state index contributed by atoms with van der Waals surface area (Å²) in [5.74, 6) is -1.72. The van der Waals surface area contributed by atoms with Gasteiger partial charge in [-0.15, -0.1) is 8.98 Å². The highest BCUT2D eigenvalue weighted by atomic mass is 32.3. The fourth-order valence-electron chi connectivity index (χ4n) is 2.48. The van der Waals surface area contributed by atoms with Crippen molar-refractivity contribution < 1.29 is 25.5 Å². The van der Waals surface area contributed by atoms with Crippen molar-refractivity contribution in [2.75, 3.05) is 19.0 Å². The topological polar surface area (TPSA) is 68.1 Å². The van der Waals surface area contributed by atoms with Crippen molar-refractivity contribution in [1.29, 1.82) is 0 Å². The average Bonchev–Trinajstić information content (AvgIpc) is 2.90. The van der Waals surface area contributed by atoms with E-state index in [4.69, 9.17) is 0 Å². The number of rotatable bonds is 4. The summed E-state index contributed by atoms with van der Waals surface area (Å²) in [6, 6.07) is 2.42. The number of halogens is 4. The van der Waals surface area contributed by atoms with Crippen molar-refractivity contribution in [3.8, 4) is 5.69 Å². The lowest BCUT2D eigenvalue weighted by molar-refractivity contribution is -0.144. The van der Waals surface area contributed by atoms with Crippen molar-refractivity contribution in [1.82, 2.24) is 14.8 Å². The maximum Gasteiger partial charge on any atom is 0.453 e. The van der Waals surface area contributed by atoms with Crippen LogP contribution in [-0.4, -0.2) is 37.3 Å². The molecule has 0 spiro atoms. The van der Waals surface area contributed by atoms with Gasteiger partial charge in [0.1, 0.15) is 4.90 Å². The average molecular weight is 394 g/mol. The maximum atomic E-state index is 13.6. The van der Waals surface area contributed by atoms with Crippen LogP contribution < -0.4 is 4.90 Å². The van der Waals surface area contributed by atoms with Gasteiger partial charge in [0.2, 0.25) is 5.95 Å². The Hall–Kier alpha value is -2.17. The zero-order valence-corrected chi connectivity index (χ0v) is 15.6. The quantitative estimate of drug-likeness (QED) is 0.587. The van der Waals surface area contributed by atoms with Gasteiger partial charge in [0, 0.05) is 14.1 Å². The van der Waals surface area contributed by atoms with E-state index in [2.05, 4.69) is 10.1 Å². The highest BCUT2D eigenvalue weighted by Crippen LogP contribution is 2.34. The molecule has 0 aliphatic rings. The summed E-state index contributed by atoms with van der Waals surface area (Å²) in [5, 5.41) is 3.49. The van der Waals surface area contributed by atoms with Gasteiger partial charge in [-0.2, -0.15) is 31.3 Å². The molecule has 0 fully saturated rings. The number of benzene rings is 1. The Labute approximate surface area is 148 Å². The van der Waals surface area contributed by atoms with E-state index in [-0.39, 0.29) is 23.1 Å². The van der Waals surface area contributed by atoms with Gasteiger partial charge in [-0.05, 0) is 30.0 Å². The molecule has 0 aliphatic carbocycles. The van der Waals surface area contributed by atoms with Gasteiger partial charge in [-0.1, -0.05) is 19.9 Å². The predicted molar refractivity (Wildman–Crippen MR) is 87.8 cm³/mol. The largest absolute Gasteiger partial charge is 0.453 e. The number of anilines is 1. The summed E-state index contributed by atoms with van der Waals surface area (Å²) in [4.78, 5) is 4.16. The van der Waals surface area contributed by atoms with E-state index < -0.39 is 27.1 Å². The molecule has 0 unspecified atom stereocenters. The third kappa shape index (κ3) is 3.81. The number of nitrogens with zero attached hydrogens (tertiary/aromatic N) is 4. The van der Waals surface area contributed by atoms with Crippen LogP contribution in [0.3, 0.4) is 0 Å². The van der Waals surface area contributed by atoms with E-state index >= 15 is 0 Å². The summed E-state index contributed by atoms with van der Waals surface area (Å²) in [6.07, 6.45) is -4.78. The van der Waals surface area contributed by atoms with Crippen molar-refractivity contribution in [3.63, 3.8) is 0 Å². The molecule has 11 heteroatoms. The van der Waals surface area contributed by atoms with E-state index in [1.165, 1.54) is 32.0 Å². The minimum atomic E-state index is -5.06. The Kier molecular flexibility index (Phi) is 5.06. The molecule has 6 nitrogen and oxygen atoms in total. The van der Waals surface area contributed by atoms with Crippen LogP contribution in [0, 0.1) is 6.92 Å². The first-order valence-corrected chi connectivity index (χ1v) is 8.93. The van der Waals surface area contributed by atoms with Crippen LogP contribution in [0.15, 0.2) is 17.0 Å². The first-order chi connectivity index (χ1) is 11.7. The van der Waals surface area contributed by atoms with Gasteiger partial charge in [0.25, 0.3) is 5.82 Å². The van der Waals surface area contributed by atoms with E-state index in [1.807, 2.05) is 0 Å². The van der Waals surface area contributed by atoms with Crippen LogP contribution in [0.4, 0.5) is 23.0 Å². The molecule has 0 radical (unpaired) electrons. The van der Waals surface area contributed by atoms with Gasteiger partial charge >= 0.3 is 16.4 Å². The predicted octanol–water partition coefficient (Wildman–Crippen LogP) is 3.44. The number of alkyl halides is 3. The summed E-state index contributed by atoms with van der Waals surface area (Å²) in [7, 11) is -2.12. The second-order valence-electron chi connectivity index (χ2n) is 6.31. The smallest absolute Gasteiger partial charge is 0.347 e. The molecule has 26 heavy (non-hydrogen) atoms. The summed E-state index contributed by atoms with van der Waals surface area (Å²) >= 11 is 0.